The number of carbonyl (C=O) groups excluding carboxylic acids is 1. The van der Waals surface area contributed by atoms with Gasteiger partial charge in [0.15, 0.2) is 0 Å². The van der Waals surface area contributed by atoms with Crippen LogP contribution in [-0.4, -0.2) is 34.1 Å². The lowest BCUT2D eigenvalue weighted by molar-refractivity contribution is 0.102. The molecule has 1 aliphatic carbocycles. The second-order valence-electron chi connectivity index (χ2n) is 9.87. The first-order valence-electron chi connectivity index (χ1n) is 12.1. The van der Waals surface area contributed by atoms with E-state index in [1.54, 1.807) is 0 Å². The van der Waals surface area contributed by atoms with Crippen LogP contribution >= 0.6 is 0 Å². The minimum atomic E-state index is -0.976. The molecule has 3 aromatic rings. The fourth-order valence-electron chi connectivity index (χ4n) is 5.46. The number of rotatable bonds is 4. The number of amides is 1. The predicted molar refractivity (Wildman–Crippen MR) is 130 cm³/mol. The van der Waals surface area contributed by atoms with Gasteiger partial charge in [0.05, 0.1) is 34.9 Å². The van der Waals surface area contributed by atoms with Gasteiger partial charge in [-0.1, -0.05) is 19.9 Å². The Morgan fingerprint density at radius 2 is 1.75 bits per heavy atom. The third-order valence-electron chi connectivity index (χ3n) is 6.88. The van der Waals surface area contributed by atoms with Gasteiger partial charge in [-0.25, -0.2) is 18.2 Å². The molecule has 0 radical (unpaired) electrons. The number of hydrogen-bond acceptors (Lipinski definition) is 5. The summed E-state index contributed by atoms with van der Waals surface area (Å²) in [7, 11) is 0. The van der Waals surface area contributed by atoms with Gasteiger partial charge in [0.25, 0.3) is 5.91 Å². The summed E-state index contributed by atoms with van der Waals surface area (Å²) in [5, 5.41) is 13.2. The highest BCUT2D eigenvalue weighted by molar-refractivity contribution is 6.05. The zero-order chi connectivity index (χ0) is 25.6. The topological polar surface area (TPSA) is 78.4 Å². The standard InChI is InChI=1S/C27H27F3N4O2/c1-14-10-15(2)13-34(12-14)26-16-6-9-22(35)24(16)31-11-21(26)33-27(36)20-8-7-19(30)25(32-20)23-17(28)4-3-5-18(23)29/h3-5,7-8,11,14-15,22,35H,6,9-10,12-13H2,1-2H3,(H,33,36)/t14-,15+,22?. The van der Waals surface area contributed by atoms with Crippen molar-refractivity contribution in [3.63, 3.8) is 0 Å². The van der Waals surface area contributed by atoms with Crippen molar-refractivity contribution in [1.82, 2.24) is 9.97 Å². The van der Waals surface area contributed by atoms with Gasteiger partial charge >= 0.3 is 0 Å². The molecular weight excluding hydrogens is 469 g/mol. The highest BCUT2D eigenvalue weighted by Crippen LogP contribution is 2.42. The average molecular weight is 497 g/mol. The van der Waals surface area contributed by atoms with Crippen LogP contribution in [0.1, 0.15) is 54.5 Å². The second kappa shape index (κ2) is 9.54. The summed E-state index contributed by atoms with van der Waals surface area (Å²) in [6, 6.07) is 5.31. The summed E-state index contributed by atoms with van der Waals surface area (Å²) >= 11 is 0. The summed E-state index contributed by atoms with van der Waals surface area (Å²) in [5.74, 6) is -2.66. The van der Waals surface area contributed by atoms with Gasteiger partial charge in [-0.15, -0.1) is 0 Å². The zero-order valence-electron chi connectivity index (χ0n) is 20.1. The van der Waals surface area contributed by atoms with Gasteiger partial charge in [0.1, 0.15) is 28.8 Å². The molecule has 188 valence electrons. The van der Waals surface area contributed by atoms with Crippen molar-refractivity contribution >= 4 is 17.3 Å². The number of hydrogen-bond donors (Lipinski definition) is 2. The normalized spacial score (nSPS) is 21.4. The highest BCUT2D eigenvalue weighted by atomic mass is 19.1. The third kappa shape index (κ3) is 4.43. The number of benzene rings is 1. The van der Waals surface area contributed by atoms with Gasteiger partial charge in [-0.2, -0.15) is 0 Å². The molecule has 1 aliphatic heterocycles. The quantitative estimate of drug-likeness (QED) is 0.514. The molecule has 3 atom stereocenters. The van der Waals surface area contributed by atoms with Gasteiger partial charge in [-0.05, 0) is 55.4 Å². The summed E-state index contributed by atoms with van der Waals surface area (Å²) in [4.78, 5) is 23.8. The maximum Gasteiger partial charge on any atom is 0.274 e. The molecule has 1 unspecified atom stereocenters. The number of fused-ring (bicyclic) bond motifs is 1. The fraction of sp³-hybridized carbons (Fsp3) is 0.370. The van der Waals surface area contributed by atoms with Crippen molar-refractivity contribution in [2.45, 2.75) is 39.2 Å². The number of carbonyl (C=O) groups is 1. The van der Waals surface area contributed by atoms with E-state index in [-0.39, 0.29) is 5.69 Å². The molecule has 5 rings (SSSR count). The van der Waals surface area contributed by atoms with Crippen LogP contribution in [-0.2, 0) is 6.42 Å². The van der Waals surface area contributed by atoms with Crippen molar-refractivity contribution in [2.75, 3.05) is 23.3 Å². The molecule has 2 aromatic heterocycles. The molecule has 0 saturated carbocycles. The van der Waals surface area contributed by atoms with Gasteiger partial charge in [-0.3, -0.25) is 9.78 Å². The van der Waals surface area contributed by atoms with Crippen LogP contribution < -0.4 is 10.2 Å². The minimum Gasteiger partial charge on any atom is -0.387 e. The number of aromatic nitrogens is 2. The lowest BCUT2D eigenvalue weighted by Crippen LogP contribution is -2.39. The molecule has 6 nitrogen and oxygen atoms in total. The monoisotopic (exact) mass is 496 g/mol. The maximum atomic E-state index is 14.5. The molecule has 1 saturated heterocycles. The average Bonchev–Trinajstić information content (AvgIpc) is 3.19. The molecule has 2 N–H and O–H groups in total. The van der Waals surface area contributed by atoms with Crippen molar-refractivity contribution in [3.05, 3.63) is 70.9 Å². The minimum absolute atomic E-state index is 0.194. The first kappa shape index (κ1) is 24.2. The van der Waals surface area contributed by atoms with Gasteiger partial charge < -0.3 is 15.3 Å². The molecule has 9 heteroatoms. The van der Waals surface area contributed by atoms with Crippen LogP contribution in [0.15, 0.2) is 36.5 Å². The Hall–Kier alpha value is -3.46. The van der Waals surface area contributed by atoms with Crippen LogP contribution in [0.3, 0.4) is 0 Å². The number of aliphatic hydroxyl groups is 1. The number of aliphatic hydroxyl groups excluding tert-OH is 1. The van der Waals surface area contributed by atoms with Crippen molar-refractivity contribution in [1.29, 1.82) is 0 Å². The molecule has 0 spiro atoms. The SMILES string of the molecule is C[C@@H]1C[C@H](C)CN(c2c(NC(=O)c3ccc(F)c(-c4c(F)cccc4F)n3)cnc3c2CCC3O)C1. The number of piperidine rings is 1. The van der Waals surface area contributed by atoms with Crippen LogP contribution in [0.4, 0.5) is 24.5 Å². The first-order chi connectivity index (χ1) is 17.2. The molecule has 1 aromatic carbocycles. The Morgan fingerprint density at radius 3 is 2.44 bits per heavy atom. The van der Waals surface area contributed by atoms with Gasteiger partial charge in [0, 0.05) is 18.7 Å². The van der Waals surface area contributed by atoms with E-state index in [0.717, 1.165) is 49.0 Å². The highest BCUT2D eigenvalue weighted by Gasteiger charge is 2.32. The van der Waals surface area contributed by atoms with E-state index >= 15 is 0 Å². The van der Waals surface area contributed by atoms with Crippen molar-refractivity contribution < 1.29 is 23.1 Å². The van der Waals surface area contributed by atoms with E-state index in [2.05, 4.69) is 34.0 Å². The Bertz CT molecular complexity index is 1300. The zero-order valence-corrected chi connectivity index (χ0v) is 20.1. The number of nitrogens with zero attached hydrogens (tertiary/aromatic N) is 3. The lowest BCUT2D eigenvalue weighted by Gasteiger charge is -2.38. The molecular formula is C27H27F3N4O2. The van der Waals surface area contributed by atoms with Crippen LogP contribution in [0.5, 0.6) is 0 Å². The fourth-order valence-corrected chi connectivity index (χ4v) is 5.46. The summed E-state index contributed by atoms with van der Waals surface area (Å²) in [6.07, 6.45) is 3.16. The number of anilines is 2. The van der Waals surface area contributed by atoms with E-state index in [9.17, 15) is 23.1 Å². The smallest absolute Gasteiger partial charge is 0.274 e. The third-order valence-corrected chi connectivity index (χ3v) is 6.88. The summed E-state index contributed by atoms with van der Waals surface area (Å²) in [6.45, 7) is 5.96. The van der Waals surface area contributed by atoms with E-state index < -0.39 is 40.7 Å². The second-order valence-corrected chi connectivity index (χ2v) is 9.87. The molecule has 3 heterocycles. The van der Waals surface area contributed by atoms with E-state index in [4.69, 9.17) is 0 Å². The Balaban J connectivity index is 1.52. The number of nitrogens with one attached hydrogen (secondary N) is 1. The maximum absolute atomic E-state index is 14.5. The Kier molecular flexibility index (Phi) is 6.42. The van der Waals surface area contributed by atoms with Crippen LogP contribution in [0, 0.1) is 29.3 Å². The number of pyridine rings is 2. The van der Waals surface area contributed by atoms with Crippen molar-refractivity contribution in [3.8, 4) is 11.3 Å². The van der Waals surface area contributed by atoms with Crippen LogP contribution in [0.25, 0.3) is 11.3 Å². The molecule has 2 aliphatic rings. The molecule has 1 fully saturated rings. The molecule has 0 bridgehead atoms. The molecule has 36 heavy (non-hydrogen) atoms. The van der Waals surface area contributed by atoms with E-state index in [1.165, 1.54) is 18.3 Å². The van der Waals surface area contributed by atoms with E-state index in [1.807, 2.05) is 0 Å². The van der Waals surface area contributed by atoms with E-state index in [0.29, 0.717) is 36.1 Å². The molecule has 1 amide bonds. The lowest BCUT2D eigenvalue weighted by atomic mass is 9.91. The van der Waals surface area contributed by atoms with Crippen molar-refractivity contribution in [2.24, 2.45) is 11.8 Å². The summed E-state index contributed by atoms with van der Waals surface area (Å²) < 4.78 is 43.1. The largest absolute Gasteiger partial charge is 0.387 e. The van der Waals surface area contributed by atoms with Crippen LogP contribution in [0.2, 0.25) is 0 Å². The number of halogens is 3. The first-order valence-corrected chi connectivity index (χ1v) is 12.1. The van der Waals surface area contributed by atoms with Gasteiger partial charge in [0.2, 0.25) is 0 Å². The summed E-state index contributed by atoms with van der Waals surface area (Å²) in [5.41, 5.74) is 1.40. The Labute approximate surface area is 207 Å². The Morgan fingerprint density at radius 1 is 1.06 bits per heavy atom. The predicted octanol–water partition coefficient (Wildman–Crippen LogP) is 5.28.